The average molecular weight is 363 g/mol. The fourth-order valence-electron chi connectivity index (χ4n) is 2.17. The van der Waals surface area contributed by atoms with Crippen LogP contribution in [0.15, 0.2) is 53.1 Å². The first kappa shape index (κ1) is 14.4. The van der Waals surface area contributed by atoms with Crippen LogP contribution in [0.3, 0.4) is 0 Å². The van der Waals surface area contributed by atoms with Crippen LogP contribution >= 0.6 is 27.5 Å². The van der Waals surface area contributed by atoms with Gasteiger partial charge < -0.3 is 4.74 Å². The lowest BCUT2D eigenvalue weighted by atomic mass is 10.1. The molecule has 0 bridgehead atoms. The second-order valence-corrected chi connectivity index (χ2v) is 6.04. The number of rotatable bonds is 3. The van der Waals surface area contributed by atoms with Gasteiger partial charge in [-0.3, -0.25) is 0 Å². The van der Waals surface area contributed by atoms with Gasteiger partial charge in [-0.05, 0) is 53.6 Å². The summed E-state index contributed by atoms with van der Waals surface area (Å²) in [5.41, 5.74) is 1.97. The predicted octanol–water partition coefficient (Wildman–Crippen LogP) is 5.84. The fourth-order valence-corrected chi connectivity index (χ4v) is 2.70. The Morgan fingerprint density at radius 2 is 1.86 bits per heavy atom. The highest BCUT2D eigenvalue weighted by Gasteiger charge is 2.05. The third-order valence-electron chi connectivity index (χ3n) is 3.23. The summed E-state index contributed by atoms with van der Waals surface area (Å²) in [4.78, 5) is 4.32. The third-order valence-corrected chi connectivity index (χ3v) is 4.03. The van der Waals surface area contributed by atoms with Crippen LogP contribution in [0.4, 0.5) is 0 Å². The molecule has 0 amide bonds. The number of aromatic nitrogens is 1. The lowest BCUT2D eigenvalue weighted by molar-refractivity contribution is 0.459. The van der Waals surface area contributed by atoms with Crippen LogP contribution in [-0.2, 0) is 5.88 Å². The molecule has 1 aromatic heterocycles. The topological polar surface area (TPSA) is 22.1 Å². The minimum atomic E-state index is 0.457. The van der Waals surface area contributed by atoms with Crippen molar-refractivity contribution < 1.29 is 4.74 Å². The maximum absolute atomic E-state index is 5.88. The van der Waals surface area contributed by atoms with E-state index in [9.17, 15) is 0 Å². The number of pyridine rings is 1. The van der Waals surface area contributed by atoms with Crippen LogP contribution in [0, 0.1) is 6.92 Å². The molecule has 3 rings (SSSR count). The smallest absolute Gasteiger partial charge is 0.222 e. The highest BCUT2D eigenvalue weighted by atomic mass is 79.9. The number of hydrogen-bond donors (Lipinski definition) is 0. The summed E-state index contributed by atoms with van der Waals surface area (Å²) in [5, 5.41) is 2.30. The largest absolute Gasteiger partial charge is 0.439 e. The van der Waals surface area contributed by atoms with Crippen LogP contribution in [-0.4, -0.2) is 4.98 Å². The van der Waals surface area contributed by atoms with Gasteiger partial charge in [0.2, 0.25) is 5.88 Å². The molecule has 0 radical (unpaired) electrons. The maximum Gasteiger partial charge on any atom is 0.222 e. The molecule has 0 aliphatic carbocycles. The first-order valence-corrected chi connectivity index (χ1v) is 7.87. The van der Waals surface area contributed by atoms with Gasteiger partial charge in [-0.25, -0.2) is 4.98 Å². The number of halogens is 2. The predicted molar refractivity (Wildman–Crippen MR) is 90.3 cm³/mol. The van der Waals surface area contributed by atoms with E-state index in [0.29, 0.717) is 11.8 Å². The molecule has 0 aliphatic heterocycles. The first-order valence-electron chi connectivity index (χ1n) is 6.54. The Morgan fingerprint density at radius 3 is 2.62 bits per heavy atom. The number of aryl methyl sites for hydroxylation is 1. The minimum Gasteiger partial charge on any atom is -0.439 e. The van der Waals surface area contributed by atoms with E-state index in [4.69, 9.17) is 16.3 Å². The lowest BCUT2D eigenvalue weighted by Gasteiger charge is -2.09. The molecule has 0 spiro atoms. The normalized spacial score (nSPS) is 10.8. The van der Waals surface area contributed by atoms with Crippen molar-refractivity contribution in [2.24, 2.45) is 0 Å². The average Bonchev–Trinajstić information content (AvgIpc) is 2.49. The molecular formula is C17H13BrClNO. The molecular weight excluding hydrogens is 350 g/mol. The summed E-state index contributed by atoms with van der Waals surface area (Å²) in [6.45, 7) is 1.97. The van der Waals surface area contributed by atoms with Crippen LogP contribution in [0.5, 0.6) is 11.6 Å². The molecule has 0 aliphatic rings. The quantitative estimate of drug-likeness (QED) is 0.546. The molecule has 0 unspecified atom stereocenters. The zero-order valence-corrected chi connectivity index (χ0v) is 13.8. The summed E-state index contributed by atoms with van der Waals surface area (Å²) in [6.07, 6.45) is 1.74. The van der Waals surface area contributed by atoms with Crippen molar-refractivity contribution in [1.82, 2.24) is 4.98 Å². The van der Waals surface area contributed by atoms with Gasteiger partial charge in [-0.2, -0.15) is 0 Å². The van der Waals surface area contributed by atoms with E-state index < -0.39 is 0 Å². The van der Waals surface area contributed by atoms with Crippen molar-refractivity contribution in [3.05, 3.63) is 64.3 Å². The van der Waals surface area contributed by atoms with Crippen molar-refractivity contribution in [2.75, 3.05) is 0 Å². The Labute approximate surface area is 136 Å². The van der Waals surface area contributed by atoms with E-state index in [-0.39, 0.29) is 0 Å². The molecule has 21 heavy (non-hydrogen) atoms. The number of benzene rings is 2. The Morgan fingerprint density at radius 1 is 1.10 bits per heavy atom. The van der Waals surface area contributed by atoms with Crippen molar-refractivity contribution in [2.45, 2.75) is 12.8 Å². The summed E-state index contributed by atoms with van der Waals surface area (Å²) < 4.78 is 6.95. The number of fused-ring (bicyclic) bond motifs is 1. The van der Waals surface area contributed by atoms with Gasteiger partial charge >= 0.3 is 0 Å². The molecule has 0 saturated heterocycles. The second-order valence-electron chi connectivity index (χ2n) is 4.85. The molecule has 0 saturated carbocycles. The molecule has 2 nitrogen and oxygen atoms in total. The van der Waals surface area contributed by atoms with Crippen molar-refractivity contribution >= 4 is 38.3 Å². The SMILES string of the molecule is Cc1cc(CCl)cnc1Oc1ccc2cc(Br)ccc2c1. The minimum absolute atomic E-state index is 0.457. The van der Waals surface area contributed by atoms with Gasteiger partial charge in [0.15, 0.2) is 0 Å². The number of nitrogens with zero attached hydrogens (tertiary/aromatic N) is 1. The van der Waals surface area contributed by atoms with E-state index in [1.165, 1.54) is 5.39 Å². The summed E-state index contributed by atoms with van der Waals surface area (Å²) in [6, 6.07) is 14.2. The van der Waals surface area contributed by atoms with Crippen LogP contribution in [0.1, 0.15) is 11.1 Å². The molecule has 0 N–H and O–H groups in total. The highest BCUT2D eigenvalue weighted by Crippen LogP contribution is 2.28. The molecule has 4 heteroatoms. The fraction of sp³-hybridized carbons (Fsp3) is 0.118. The standard InChI is InChI=1S/C17H13BrClNO/c1-11-6-12(9-19)10-20-17(11)21-16-5-3-13-7-15(18)4-2-14(13)8-16/h2-8,10H,9H2,1H3. The van der Waals surface area contributed by atoms with Crippen LogP contribution in [0.25, 0.3) is 10.8 Å². The zero-order chi connectivity index (χ0) is 14.8. The summed E-state index contributed by atoms with van der Waals surface area (Å²) in [7, 11) is 0. The van der Waals surface area contributed by atoms with E-state index in [1.807, 2.05) is 37.3 Å². The number of ether oxygens (including phenoxy) is 1. The van der Waals surface area contributed by atoms with E-state index in [1.54, 1.807) is 6.20 Å². The van der Waals surface area contributed by atoms with Crippen LogP contribution in [0.2, 0.25) is 0 Å². The molecule has 106 valence electrons. The van der Waals surface area contributed by atoms with Gasteiger partial charge in [0.1, 0.15) is 5.75 Å². The number of alkyl halides is 1. The number of hydrogen-bond acceptors (Lipinski definition) is 2. The zero-order valence-electron chi connectivity index (χ0n) is 11.4. The highest BCUT2D eigenvalue weighted by molar-refractivity contribution is 9.10. The van der Waals surface area contributed by atoms with E-state index >= 15 is 0 Å². The van der Waals surface area contributed by atoms with Gasteiger partial charge in [0, 0.05) is 22.1 Å². The summed E-state index contributed by atoms with van der Waals surface area (Å²) in [5.74, 6) is 1.85. The maximum atomic E-state index is 5.88. The molecule has 2 aromatic carbocycles. The monoisotopic (exact) mass is 361 g/mol. The molecule has 0 atom stereocenters. The Hall–Kier alpha value is -1.58. The first-order chi connectivity index (χ1) is 10.2. The molecule has 3 aromatic rings. The van der Waals surface area contributed by atoms with Crippen molar-refractivity contribution in [3.63, 3.8) is 0 Å². The Kier molecular flexibility index (Phi) is 4.13. The molecule has 0 fully saturated rings. The Balaban J connectivity index is 1.92. The van der Waals surface area contributed by atoms with Gasteiger partial charge in [-0.15, -0.1) is 11.6 Å². The van der Waals surface area contributed by atoms with Crippen molar-refractivity contribution in [1.29, 1.82) is 0 Å². The van der Waals surface area contributed by atoms with Gasteiger partial charge in [0.05, 0.1) is 0 Å². The van der Waals surface area contributed by atoms with Crippen LogP contribution < -0.4 is 4.74 Å². The van der Waals surface area contributed by atoms with Crippen molar-refractivity contribution in [3.8, 4) is 11.6 Å². The molecule has 1 heterocycles. The Bertz CT molecular complexity index is 804. The third kappa shape index (κ3) is 3.20. The van der Waals surface area contributed by atoms with E-state index in [2.05, 4.69) is 33.0 Å². The van der Waals surface area contributed by atoms with Gasteiger partial charge in [-0.1, -0.05) is 28.1 Å². The van der Waals surface area contributed by atoms with Gasteiger partial charge in [0.25, 0.3) is 0 Å². The second kappa shape index (κ2) is 6.04. The lowest BCUT2D eigenvalue weighted by Crippen LogP contribution is -1.93. The summed E-state index contributed by atoms with van der Waals surface area (Å²) >= 11 is 9.28. The van der Waals surface area contributed by atoms with E-state index in [0.717, 1.165) is 26.7 Å².